The van der Waals surface area contributed by atoms with Gasteiger partial charge in [0.2, 0.25) is 5.91 Å². The standard InChI is InChI=1S/C32H29N3O4/c1-22(24-14-7-3-8-15-24)33-31(37)28-29(39-32(38)35(28)21-23-12-5-2-6-13-23)26-18-11-19-27(20-26)34-30(36)25-16-9-4-10-17-25/h2-20,22,28-29H,21H2,1H3,(H,33,37)(H,34,36)/t22-,28-,29+/m0/s1. The number of benzene rings is 4. The maximum Gasteiger partial charge on any atom is 0.411 e. The lowest BCUT2D eigenvalue weighted by Gasteiger charge is -2.26. The number of amides is 3. The third-order valence-electron chi connectivity index (χ3n) is 6.72. The highest BCUT2D eigenvalue weighted by Gasteiger charge is 2.47. The molecule has 39 heavy (non-hydrogen) atoms. The summed E-state index contributed by atoms with van der Waals surface area (Å²) in [5.41, 5.74) is 3.50. The van der Waals surface area contributed by atoms with E-state index in [0.29, 0.717) is 16.8 Å². The Balaban J connectivity index is 1.42. The SMILES string of the molecule is C[C@H](NC(=O)[C@@H]1[C@@H](c2cccc(NC(=O)c3ccccc3)c2)OC(=O)N1Cc1ccccc1)c1ccccc1. The molecule has 1 aliphatic heterocycles. The van der Waals surface area contributed by atoms with Crippen molar-refractivity contribution in [2.45, 2.75) is 31.7 Å². The van der Waals surface area contributed by atoms with E-state index in [2.05, 4.69) is 10.6 Å². The van der Waals surface area contributed by atoms with E-state index in [4.69, 9.17) is 4.74 Å². The van der Waals surface area contributed by atoms with Crippen molar-refractivity contribution < 1.29 is 19.1 Å². The Bertz CT molecular complexity index is 1440. The Hall–Kier alpha value is -4.91. The summed E-state index contributed by atoms with van der Waals surface area (Å²) in [4.78, 5) is 41.1. The number of hydrogen-bond donors (Lipinski definition) is 2. The second-order valence-electron chi connectivity index (χ2n) is 9.45. The van der Waals surface area contributed by atoms with Crippen LogP contribution in [0.2, 0.25) is 0 Å². The first kappa shape index (κ1) is 25.7. The normalized spacial score (nSPS) is 17.3. The molecular formula is C32H29N3O4. The van der Waals surface area contributed by atoms with Crippen LogP contribution < -0.4 is 10.6 Å². The molecule has 4 aromatic carbocycles. The number of ether oxygens (including phenoxy) is 1. The van der Waals surface area contributed by atoms with E-state index < -0.39 is 18.2 Å². The zero-order valence-corrected chi connectivity index (χ0v) is 21.5. The second kappa shape index (κ2) is 11.6. The summed E-state index contributed by atoms with van der Waals surface area (Å²) < 4.78 is 5.81. The highest BCUT2D eigenvalue weighted by atomic mass is 16.6. The van der Waals surface area contributed by atoms with Crippen molar-refractivity contribution in [1.29, 1.82) is 0 Å². The van der Waals surface area contributed by atoms with E-state index in [9.17, 15) is 14.4 Å². The minimum atomic E-state index is -0.913. The molecule has 1 fully saturated rings. The van der Waals surface area contributed by atoms with Crippen molar-refractivity contribution in [3.05, 3.63) is 138 Å². The van der Waals surface area contributed by atoms with Crippen molar-refractivity contribution in [2.75, 3.05) is 5.32 Å². The van der Waals surface area contributed by atoms with Crippen LogP contribution in [0.4, 0.5) is 10.5 Å². The van der Waals surface area contributed by atoms with Crippen LogP contribution in [0.25, 0.3) is 0 Å². The van der Waals surface area contributed by atoms with Gasteiger partial charge in [0.1, 0.15) is 0 Å². The first-order valence-corrected chi connectivity index (χ1v) is 12.8. The third-order valence-corrected chi connectivity index (χ3v) is 6.72. The van der Waals surface area contributed by atoms with Gasteiger partial charge in [0.15, 0.2) is 12.1 Å². The Kier molecular flexibility index (Phi) is 7.68. The van der Waals surface area contributed by atoms with Crippen LogP contribution in [-0.4, -0.2) is 28.8 Å². The molecule has 3 amide bonds. The number of nitrogens with one attached hydrogen (secondary N) is 2. The van der Waals surface area contributed by atoms with Gasteiger partial charge in [-0.15, -0.1) is 0 Å². The third kappa shape index (κ3) is 5.99. The summed E-state index contributed by atoms with van der Waals surface area (Å²) in [6, 6.07) is 33.9. The molecule has 1 saturated heterocycles. The van der Waals surface area contributed by atoms with E-state index in [0.717, 1.165) is 11.1 Å². The number of anilines is 1. The molecule has 0 aromatic heterocycles. The summed E-state index contributed by atoms with van der Waals surface area (Å²) in [6.45, 7) is 2.12. The van der Waals surface area contributed by atoms with Gasteiger partial charge < -0.3 is 15.4 Å². The maximum absolute atomic E-state index is 13.8. The zero-order valence-electron chi connectivity index (χ0n) is 21.5. The van der Waals surface area contributed by atoms with Crippen LogP contribution >= 0.6 is 0 Å². The predicted octanol–water partition coefficient (Wildman–Crippen LogP) is 5.88. The molecule has 196 valence electrons. The van der Waals surface area contributed by atoms with Crippen molar-refractivity contribution >= 4 is 23.6 Å². The molecule has 4 aromatic rings. The molecule has 0 spiro atoms. The van der Waals surface area contributed by atoms with Gasteiger partial charge in [-0.1, -0.05) is 91.0 Å². The number of rotatable bonds is 8. The van der Waals surface area contributed by atoms with E-state index in [1.807, 2.05) is 73.7 Å². The summed E-state index contributed by atoms with van der Waals surface area (Å²) in [6.07, 6.45) is -1.44. The quantitative estimate of drug-likeness (QED) is 0.304. The van der Waals surface area contributed by atoms with Gasteiger partial charge in [0, 0.05) is 11.3 Å². The van der Waals surface area contributed by atoms with Crippen LogP contribution in [0.15, 0.2) is 115 Å². The van der Waals surface area contributed by atoms with Crippen LogP contribution in [0.1, 0.15) is 46.1 Å². The number of hydrogen-bond acceptors (Lipinski definition) is 4. The van der Waals surface area contributed by atoms with Gasteiger partial charge in [-0.05, 0) is 47.9 Å². The van der Waals surface area contributed by atoms with Gasteiger partial charge in [0.25, 0.3) is 5.91 Å². The smallest absolute Gasteiger partial charge is 0.411 e. The topological polar surface area (TPSA) is 87.7 Å². The number of cyclic esters (lactones) is 1. The maximum atomic E-state index is 13.8. The molecule has 0 unspecified atom stereocenters. The summed E-state index contributed by atoms with van der Waals surface area (Å²) in [7, 11) is 0. The molecule has 1 heterocycles. The van der Waals surface area contributed by atoms with Crippen molar-refractivity contribution in [1.82, 2.24) is 10.2 Å². The first-order valence-electron chi connectivity index (χ1n) is 12.8. The monoisotopic (exact) mass is 519 g/mol. The lowest BCUT2D eigenvalue weighted by atomic mass is 9.99. The Morgan fingerprint density at radius 1 is 0.846 bits per heavy atom. The molecule has 1 aliphatic rings. The summed E-state index contributed by atoms with van der Waals surface area (Å²) in [5, 5.41) is 5.95. The van der Waals surface area contributed by atoms with Crippen LogP contribution in [0, 0.1) is 0 Å². The van der Waals surface area contributed by atoms with Crippen molar-refractivity contribution in [2.24, 2.45) is 0 Å². The highest BCUT2D eigenvalue weighted by Crippen LogP contribution is 2.35. The van der Waals surface area contributed by atoms with Crippen LogP contribution in [-0.2, 0) is 16.1 Å². The predicted molar refractivity (Wildman–Crippen MR) is 149 cm³/mol. The average molecular weight is 520 g/mol. The molecule has 0 aliphatic carbocycles. The second-order valence-corrected chi connectivity index (χ2v) is 9.45. The molecule has 0 radical (unpaired) electrons. The van der Waals surface area contributed by atoms with E-state index in [1.54, 1.807) is 48.5 Å². The highest BCUT2D eigenvalue weighted by molar-refractivity contribution is 6.04. The largest absolute Gasteiger partial charge is 0.438 e. The van der Waals surface area contributed by atoms with E-state index >= 15 is 0 Å². The fourth-order valence-corrected chi connectivity index (χ4v) is 4.70. The Morgan fingerprint density at radius 3 is 2.18 bits per heavy atom. The first-order chi connectivity index (χ1) is 19.0. The molecule has 0 saturated carbocycles. The number of nitrogens with zero attached hydrogens (tertiary/aromatic N) is 1. The summed E-state index contributed by atoms with van der Waals surface area (Å²) >= 11 is 0. The molecule has 3 atom stereocenters. The molecule has 0 bridgehead atoms. The Labute approximate surface area is 227 Å². The van der Waals surface area contributed by atoms with Gasteiger partial charge in [-0.3, -0.25) is 14.5 Å². The molecule has 7 heteroatoms. The van der Waals surface area contributed by atoms with Gasteiger partial charge >= 0.3 is 6.09 Å². The molecule has 2 N–H and O–H groups in total. The van der Waals surface area contributed by atoms with Gasteiger partial charge in [0.05, 0.1) is 12.6 Å². The number of carbonyl (C=O) groups is 3. The van der Waals surface area contributed by atoms with E-state index in [1.165, 1.54) is 4.90 Å². The molecule has 5 rings (SSSR count). The van der Waals surface area contributed by atoms with Crippen molar-refractivity contribution in [3.63, 3.8) is 0 Å². The van der Waals surface area contributed by atoms with Gasteiger partial charge in [-0.25, -0.2) is 4.79 Å². The lowest BCUT2D eigenvalue weighted by molar-refractivity contribution is -0.127. The summed E-state index contributed by atoms with van der Waals surface area (Å²) in [5.74, 6) is -0.579. The lowest BCUT2D eigenvalue weighted by Crippen LogP contribution is -2.46. The molecular weight excluding hydrogens is 490 g/mol. The zero-order chi connectivity index (χ0) is 27.2. The fourth-order valence-electron chi connectivity index (χ4n) is 4.70. The Morgan fingerprint density at radius 2 is 1.49 bits per heavy atom. The van der Waals surface area contributed by atoms with Crippen LogP contribution in [0.3, 0.4) is 0 Å². The van der Waals surface area contributed by atoms with Gasteiger partial charge in [-0.2, -0.15) is 0 Å². The minimum absolute atomic E-state index is 0.221. The van der Waals surface area contributed by atoms with E-state index in [-0.39, 0.29) is 24.4 Å². The molecule has 7 nitrogen and oxygen atoms in total. The number of carbonyl (C=O) groups excluding carboxylic acids is 3. The fraction of sp³-hybridized carbons (Fsp3) is 0.156. The average Bonchev–Trinajstić information content (AvgIpc) is 3.30. The minimum Gasteiger partial charge on any atom is -0.438 e. The van der Waals surface area contributed by atoms with Crippen LogP contribution in [0.5, 0.6) is 0 Å². The van der Waals surface area contributed by atoms with Crippen molar-refractivity contribution in [3.8, 4) is 0 Å².